The average molecular weight is 419 g/mol. The van der Waals surface area contributed by atoms with Gasteiger partial charge < -0.3 is 20.1 Å². The molecule has 1 aliphatic rings. The molecule has 0 bridgehead atoms. The number of nitrogens with one attached hydrogen (secondary N) is 2. The van der Waals surface area contributed by atoms with Crippen molar-refractivity contribution in [1.82, 2.24) is 20.0 Å². The lowest BCUT2D eigenvalue weighted by Gasteiger charge is -2.30. The molecule has 160 valence electrons. The fourth-order valence-electron chi connectivity index (χ4n) is 3.76. The first kappa shape index (κ1) is 20.7. The van der Waals surface area contributed by atoms with Gasteiger partial charge in [-0.05, 0) is 51.0 Å². The summed E-state index contributed by atoms with van der Waals surface area (Å²) < 4.78 is 5.54. The van der Waals surface area contributed by atoms with E-state index in [-0.39, 0.29) is 17.9 Å². The lowest BCUT2D eigenvalue weighted by atomic mass is 9.96. The van der Waals surface area contributed by atoms with Crippen molar-refractivity contribution in [3.05, 3.63) is 59.7 Å². The van der Waals surface area contributed by atoms with Crippen molar-refractivity contribution in [3.63, 3.8) is 0 Å². The van der Waals surface area contributed by atoms with Crippen LogP contribution in [0.1, 0.15) is 54.5 Å². The van der Waals surface area contributed by atoms with E-state index in [2.05, 4.69) is 34.3 Å². The molecule has 1 aliphatic heterocycles. The Balaban J connectivity index is 1.44. The third kappa shape index (κ3) is 4.63. The maximum absolute atomic E-state index is 12.6. The number of anilines is 1. The first-order chi connectivity index (χ1) is 15.0. The van der Waals surface area contributed by atoms with Gasteiger partial charge in [0.2, 0.25) is 0 Å². The van der Waals surface area contributed by atoms with E-state index < -0.39 is 0 Å². The standard InChI is InChI=1S/C23H26N6O2/c1-15(2)26-20-13-17(6-7-18(20)14-24)22-27-21(28-31-22)16-8-11-29(12-9-16)23(30)19-5-3-4-10-25-19/h3-7,10,13-16,24,26H,8-9,11-12H2,1-2H3. The van der Waals surface area contributed by atoms with Crippen LogP contribution in [0.15, 0.2) is 47.1 Å². The third-order valence-corrected chi connectivity index (χ3v) is 5.37. The minimum atomic E-state index is -0.0377. The van der Waals surface area contributed by atoms with Gasteiger partial charge in [-0.1, -0.05) is 17.3 Å². The molecule has 0 saturated carbocycles. The van der Waals surface area contributed by atoms with Crippen LogP contribution in [0.25, 0.3) is 11.5 Å². The van der Waals surface area contributed by atoms with Crippen LogP contribution in [0.5, 0.6) is 0 Å². The number of pyridine rings is 1. The summed E-state index contributed by atoms with van der Waals surface area (Å²) in [6, 6.07) is 11.3. The number of rotatable bonds is 6. The normalized spacial score (nSPS) is 14.6. The summed E-state index contributed by atoms with van der Waals surface area (Å²) in [5.41, 5.74) is 2.96. The van der Waals surface area contributed by atoms with E-state index in [4.69, 9.17) is 9.93 Å². The molecule has 31 heavy (non-hydrogen) atoms. The number of likely N-dealkylation sites (tertiary alicyclic amines) is 1. The molecule has 8 heteroatoms. The summed E-state index contributed by atoms with van der Waals surface area (Å²) in [7, 11) is 0. The first-order valence-electron chi connectivity index (χ1n) is 10.5. The van der Waals surface area contributed by atoms with Crippen LogP contribution >= 0.6 is 0 Å². The molecule has 2 N–H and O–H groups in total. The summed E-state index contributed by atoms with van der Waals surface area (Å²) in [5, 5.41) is 15.2. The maximum Gasteiger partial charge on any atom is 0.272 e. The molecule has 3 heterocycles. The van der Waals surface area contributed by atoms with Gasteiger partial charge in [-0.15, -0.1) is 0 Å². The molecule has 1 saturated heterocycles. The van der Waals surface area contributed by atoms with Crippen LogP contribution < -0.4 is 5.32 Å². The number of nitrogens with zero attached hydrogens (tertiary/aromatic N) is 4. The Bertz CT molecular complexity index is 1050. The zero-order valence-corrected chi connectivity index (χ0v) is 17.7. The molecule has 3 aromatic rings. The van der Waals surface area contributed by atoms with E-state index in [1.165, 1.54) is 6.21 Å². The Kier molecular flexibility index (Phi) is 6.06. The summed E-state index contributed by atoms with van der Waals surface area (Å²) in [5.74, 6) is 1.25. The van der Waals surface area contributed by atoms with E-state index in [9.17, 15) is 4.79 Å². The van der Waals surface area contributed by atoms with Crippen LogP contribution in [0.4, 0.5) is 5.69 Å². The van der Waals surface area contributed by atoms with Crippen LogP contribution in [0.3, 0.4) is 0 Å². The van der Waals surface area contributed by atoms with Crippen molar-refractivity contribution in [2.45, 2.75) is 38.6 Å². The summed E-state index contributed by atoms with van der Waals surface area (Å²) in [6.07, 6.45) is 4.53. The molecule has 4 rings (SSSR count). The number of hydrogen-bond donors (Lipinski definition) is 2. The van der Waals surface area contributed by atoms with Crippen LogP contribution in [-0.4, -0.2) is 51.3 Å². The highest BCUT2D eigenvalue weighted by Gasteiger charge is 2.28. The molecule has 1 aromatic carbocycles. The van der Waals surface area contributed by atoms with Gasteiger partial charge in [0.15, 0.2) is 5.82 Å². The van der Waals surface area contributed by atoms with Gasteiger partial charge in [-0.2, -0.15) is 4.98 Å². The molecule has 0 unspecified atom stereocenters. The third-order valence-electron chi connectivity index (χ3n) is 5.37. The maximum atomic E-state index is 12.6. The molecule has 2 aromatic heterocycles. The summed E-state index contributed by atoms with van der Waals surface area (Å²) in [4.78, 5) is 23.2. The number of aromatic nitrogens is 3. The number of hydrogen-bond acceptors (Lipinski definition) is 7. The van der Waals surface area contributed by atoms with Gasteiger partial charge in [0.25, 0.3) is 11.8 Å². The van der Waals surface area contributed by atoms with Crippen LogP contribution in [0, 0.1) is 5.41 Å². The first-order valence-corrected chi connectivity index (χ1v) is 10.5. The number of carbonyl (C=O) groups excluding carboxylic acids is 1. The molecule has 0 atom stereocenters. The monoisotopic (exact) mass is 418 g/mol. The van der Waals surface area contributed by atoms with Crippen LogP contribution in [0.2, 0.25) is 0 Å². The van der Waals surface area contributed by atoms with Crippen molar-refractivity contribution in [3.8, 4) is 11.5 Å². The van der Waals surface area contributed by atoms with Crippen molar-refractivity contribution in [2.24, 2.45) is 0 Å². The van der Waals surface area contributed by atoms with Crippen molar-refractivity contribution >= 4 is 17.8 Å². The Morgan fingerprint density at radius 1 is 1.26 bits per heavy atom. The minimum Gasteiger partial charge on any atom is -0.382 e. The topological polar surface area (TPSA) is 108 Å². The van der Waals surface area contributed by atoms with Gasteiger partial charge in [0.05, 0.1) is 0 Å². The zero-order chi connectivity index (χ0) is 21.8. The van der Waals surface area contributed by atoms with E-state index >= 15 is 0 Å². The highest BCUT2D eigenvalue weighted by atomic mass is 16.5. The van der Waals surface area contributed by atoms with Crippen molar-refractivity contribution in [2.75, 3.05) is 18.4 Å². The van der Waals surface area contributed by atoms with E-state index in [1.807, 2.05) is 29.2 Å². The summed E-state index contributed by atoms with van der Waals surface area (Å²) in [6.45, 7) is 5.38. The van der Waals surface area contributed by atoms with Gasteiger partial charge >= 0.3 is 0 Å². The largest absolute Gasteiger partial charge is 0.382 e. The fourth-order valence-corrected chi connectivity index (χ4v) is 3.76. The van der Waals surface area contributed by atoms with Crippen LogP contribution in [-0.2, 0) is 0 Å². The lowest BCUT2D eigenvalue weighted by molar-refractivity contribution is 0.0704. The van der Waals surface area contributed by atoms with Crippen molar-refractivity contribution < 1.29 is 9.32 Å². The molecule has 1 fully saturated rings. The smallest absolute Gasteiger partial charge is 0.272 e. The molecule has 0 radical (unpaired) electrons. The Morgan fingerprint density at radius 2 is 2.06 bits per heavy atom. The molecular formula is C23H26N6O2. The second-order valence-electron chi connectivity index (χ2n) is 7.98. The van der Waals surface area contributed by atoms with Gasteiger partial charge in [-0.3, -0.25) is 9.78 Å². The van der Waals surface area contributed by atoms with Gasteiger partial charge in [-0.25, -0.2) is 0 Å². The quantitative estimate of drug-likeness (QED) is 0.587. The SMILES string of the molecule is CC(C)Nc1cc(-c2nc(C3CCN(C(=O)c4ccccn4)CC3)no2)ccc1C=N. The minimum absolute atomic E-state index is 0.0377. The highest BCUT2D eigenvalue weighted by Crippen LogP contribution is 2.30. The number of carbonyl (C=O) groups is 1. The number of benzene rings is 1. The molecular weight excluding hydrogens is 392 g/mol. The second-order valence-corrected chi connectivity index (χ2v) is 7.98. The molecule has 1 amide bonds. The second kappa shape index (κ2) is 9.07. The Labute approximate surface area is 181 Å². The predicted octanol–water partition coefficient (Wildman–Crippen LogP) is 3.97. The number of piperidine rings is 1. The lowest BCUT2D eigenvalue weighted by Crippen LogP contribution is -2.38. The van der Waals surface area contributed by atoms with E-state index in [1.54, 1.807) is 18.3 Å². The fraction of sp³-hybridized carbons (Fsp3) is 0.348. The van der Waals surface area contributed by atoms with Gasteiger partial charge in [0, 0.05) is 54.3 Å². The zero-order valence-electron chi connectivity index (χ0n) is 17.7. The average Bonchev–Trinajstić information content (AvgIpc) is 3.29. The van der Waals surface area contributed by atoms with Crippen molar-refractivity contribution in [1.29, 1.82) is 5.41 Å². The summed E-state index contributed by atoms with van der Waals surface area (Å²) >= 11 is 0. The molecule has 8 nitrogen and oxygen atoms in total. The predicted molar refractivity (Wildman–Crippen MR) is 118 cm³/mol. The Morgan fingerprint density at radius 3 is 2.74 bits per heavy atom. The molecule has 0 spiro atoms. The highest BCUT2D eigenvalue weighted by molar-refractivity contribution is 5.92. The van der Waals surface area contributed by atoms with E-state index in [0.717, 1.165) is 29.7 Å². The van der Waals surface area contributed by atoms with Gasteiger partial charge in [0.1, 0.15) is 5.69 Å². The number of amides is 1. The Hall–Kier alpha value is -3.55. The van der Waals surface area contributed by atoms with E-state index in [0.29, 0.717) is 30.5 Å². The molecule has 0 aliphatic carbocycles.